The summed E-state index contributed by atoms with van der Waals surface area (Å²) in [6.07, 6.45) is 0. The summed E-state index contributed by atoms with van der Waals surface area (Å²) in [6.45, 7) is 0. The van der Waals surface area contributed by atoms with E-state index in [-0.39, 0.29) is 0 Å². The highest BCUT2D eigenvalue weighted by atomic mass is 32.1. The minimum absolute atomic E-state index is 0.420. The smallest absolute Gasteiger partial charge is 0.105 e. The van der Waals surface area contributed by atoms with Crippen LogP contribution < -0.4 is 0 Å². The van der Waals surface area contributed by atoms with Crippen molar-refractivity contribution in [2.45, 2.75) is 5.44 Å². The highest BCUT2D eigenvalue weighted by Crippen LogP contribution is 1.87. The maximum Gasteiger partial charge on any atom is 0.105 e. The van der Waals surface area contributed by atoms with Crippen LogP contribution in [-0.2, 0) is 0 Å². The molecule has 32 valence electrons. The SMILES string of the molecule is OC(S)CS. The van der Waals surface area contributed by atoms with Crippen LogP contribution in [0.2, 0.25) is 0 Å². The molecule has 3 heteroatoms. The number of thiol groups is 2. The van der Waals surface area contributed by atoms with Crippen molar-refractivity contribution in [1.82, 2.24) is 0 Å². The van der Waals surface area contributed by atoms with Crippen LogP contribution in [0.3, 0.4) is 0 Å². The van der Waals surface area contributed by atoms with Gasteiger partial charge >= 0.3 is 0 Å². The van der Waals surface area contributed by atoms with Gasteiger partial charge in [0.1, 0.15) is 5.44 Å². The highest BCUT2D eigenvalue weighted by Gasteiger charge is 1.83. The molecule has 0 aromatic rings. The fourth-order valence-electron chi connectivity index (χ4n) is 0. The summed E-state index contributed by atoms with van der Waals surface area (Å²) in [5.74, 6) is 0.420. The van der Waals surface area contributed by atoms with Crippen LogP contribution in [0.4, 0.5) is 0 Å². The minimum atomic E-state index is -0.557. The Labute approximate surface area is 42.2 Å². The van der Waals surface area contributed by atoms with Crippen molar-refractivity contribution in [3.05, 3.63) is 0 Å². The Morgan fingerprint density at radius 2 is 2.00 bits per heavy atom. The third kappa shape index (κ3) is 4.66. The molecule has 0 fully saturated rings. The van der Waals surface area contributed by atoms with E-state index in [0.717, 1.165) is 0 Å². The first kappa shape index (κ1) is 5.66. The van der Waals surface area contributed by atoms with E-state index in [4.69, 9.17) is 5.11 Å². The quantitative estimate of drug-likeness (QED) is 0.324. The minimum Gasteiger partial charge on any atom is -0.382 e. The first-order valence-electron chi connectivity index (χ1n) is 1.24. The fraction of sp³-hybridized carbons (Fsp3) is 1.00. The van der Waals surface area contributed by atoms with Crippen LogP contribution in [-0.4, -0.2) is 16.3 Å². The van der Waals surface area contributed by atoms with Gasteiger partial charge in [-0.3, -0.25) is 0 Å². The average Bonchev–Trinajstić information content (AvgIpc) is 1.38. The molecular weight excluding hydrogens is 104 g/mol. The maximum absolute atomic E-state index is 8.15. The molecule has 5 heavy (non-hydrogen) atoms. The normalized spacial score (nSPS) is 15.0. The van der Waals surface area contributed by atoms with E-state index in [9.17, 15) is 0 Å². The third-order valence-corrected chi connectivity index (χ3v) is 0.980. The largest absolute Gasteiger partial charge is 0.382 e. The second-order valence-corrected chi connectivity index (χ2v) is 1.62. The van der Waals surface area contributed by atoms with Crippen molar-refractivity contribution in [3.8, 4) is 0 Å². The van der Waals surface area contributed by atoms with E-state index in [0.29, 0.717) is 5.75 Å². The van der Waals surface area contributed by atoms with Gasteiger partial charge in [-0.15, -0.1) is 12.6 Å². The summed E-state index contributed by atoms with van der Waals surface area (Å²) >= 11 is 7.27. The van der Waals surface area contributed by atoms with E-state index in [2.05, 4.69) is 25.3 Å². The molecule has 0 heterocycles. The average molecular weight is 110 g/mol. The van der Waals surface area contributed by atoms with E-state index in [1.165, 1.54) is 0 Å². The standard InChI is InChI=1S/C2H6OS2/c3-2(5)1-4/h2-5H,1H2. The molecule has 0 aliphatic carbocycles. The monoisotopic (exact) mass is 110 g/mol. The molecule has 0 aromatic heterocycles. The Morgan fingerprint density at radius 1 is 1.80 bits per heavy atom. The summed E-state index contributed by atoms with van der Waals surface area (Å²) < 4.78 is 0. The summed E-state index contributed by atoms with van der Waals surface area (Å²) in [5.41, 5.74) is -0.557. The molecule has 1 N–H and O–H groups in total. The number of rotatable bonds is 1. The van der Waals surface area contributed by atoms with Crippen molar-refractivity contribution < 1.29 is 5.11 Å². The topological polar surface area (TPSA) is 20.2 Å². The van der Waals surface area contributed by atoms with Gasteiger partial charge in [-0.05, 0) is 0 Å². The van der Waals surface area contributed by atoms with Gasteiger partial charge in [0.25, 0.3) is 0 Å². The van der Waals surface area contributed by atoms with E-state index in [1.54, 1.807) is 0 Å². The van der Waals surface area contributed by atoms with E-state index in [1.807, 2.05) is 0 Å². The lowest BCUT2D eigenvalue weighted by atomic mass is 10.9. The van der Waals surface area contributed by atoms with Crippen LogP contribution in [0.5, 0.6) is 0 Å². The lowest BCUT2D eigenvalue weighted by Gasteiger charge is -1.89. The van der Waals surface area contributed by atoms with Crippen molar-refractivity contribution in [3.63, 3.8) is 0 Å². The Bertz CT molecular complexity index is 21.6. The Morgan fingerprint density at radius 3 is 2.00 bits per heavy atom. The summed E-state index contributed by atoms with van der Waals surface area (Å²) in [7, 11) is 0. The summed E-state index contributed by atoms with van der Waals surface area (Å²) in [6, 6.07) is 0. The Hall–Kier alpha value is 0.660. The predicted octanol–water partition coefficient (Wildman–Crippen LogP) is 0.164. The molecule has 0 saturated carbocycles. The maximum atomic E-state index is 8.15. The lowest BCUT2D eigenvalue weighted by Crippen LogP contribution is -1.94. The zero-order chi connectivity index (χ0) is 4.28. The molecule has 0 saturated heterocycles. The molecule has 0 radical (unpaired) electrons. The van der Waals surface area contributed by atoms with Gasteiger partial charge in [-0.25, -0.2) is 0 Å². The second-order valence-electron chi connectivity index (χ2n) is 0.663. The first-order chi connectivity index (χ1) is 2.27. The zero-order valence-corrected chi connectivity index (χ0v) is 4.41. The molecule has 0 amide bonds. The van der Waals surface area contributed by atoms with Crippen LogP contribution in [0.15, 0.2) is 0 Å². The Balaban J connectivity index is 2.54. The van der Waals surface area contributed by atoms with Gasteiger partial charge in [-0.2, -0.15) is 12.6 Å². The number of hydrogen-bond acceptors (Lipinski definition) is 3. The molecule has 0 spiro atoms. The predicted molar refractivity (Wildman–Crippen MR) is 28.8 cm³/mol. The van der Waals surface area contributed by atoms with Crippen molar-refractivity contribution >= 4 is 25.3 Å². The third-order valence-electron chi connectivity index (χ3n) is 0.163. The number of aliphatic hydroxyl groups is 1. The highest BCUT2D eigenvalue weighted by molar-refractivity contribution is 7.84. The van der Waals surface area contributed by atoms with Gasteiger partial charge in [0, 0.05) is 5.75 Å². The molecule has 0 rings (SSSR count). The van der Waals surface area contributed by atoms with Gasteiger partial charge < -0.3 is 5.11 Å². The van der Waals surface area contributed by atoms with Crippen LogP contribution in [0.1, 0.15) is 0 Å². The van der Waals surface area contributed by atoms with Gasteiger partial charge in [-0.1, -0.05) is 0 Å². The van der Waals surface area contributed by atoms with Gasteiger partial charge in [0.2, 0.25) is 0 Å². The van der Waals surface area contributed by atoms with E-state index < -0.39 is 5.44 Å². The van der Waals surface area contributed by atoms with Crippen molar-refractivity contribution in [2.75, 3.05) is 5.75 Å². The molecule has 0 aromatic carbocycles. The van der Waals surface area contributed by atoms with Crippen LogP contribution >= 0.6 is 25.3 Å². The van der Waals surface area contributed by atoms with Crippen molar-refractivity contribution in [2.24, 2.45) is 0 Å². The van der Waals surface area contributed by atoms with Gasteiger partial charge in [0.05, 0.1) is 0 Å². The fourth-order valence-corrected chi connectivity index (χ4v) is 0. The van der Waals surface area contributed by atoms with Crippen molar-refractivity contribution in [1.29, 1.82) is 0 Å². The molecule has 0 aliphatic heterocycles. The molecule has 0 bridgehead atoms. The molecule has 1 nitrogen and oxygen atoms in total. The molecular formula is C2H6OS2. The number of hydrogen-bond donors (Lipinski definition) is 3. The Kier molecular flexibility index (Phi) is 3.25. The summed E-state index contributed by atoms with van der Waals surface area (Å²) in [4.78, 5) is 0. The molecule has 0 aliphatic rings. The first-order valence-corrected chi connectivity index (χ1v) is 2.39. The second kappa shape index (κ2) is 2.87. The van der Waals surface area contributed by atoms with E-state index >= 15 is 0 Å². The zero-order valence-electron chi connectivity index (χ0n) is 2.63. The van der Waals surface area contributed by atoms with Crippen LogP contribution in [0.25, 0.3) is 0 Å². The molecule has 1 atom stereocenters. The lowest BCUT2D eigenvalue weighted by molar-refractivity contribution is 0.291. The number of aliphatic hydroxyl groups excluding tert-OH is 1. The molecule has 1 unspecified atom stereocenters. The summed E-state index contributed by atoms with van der Waals surface area (Å²) in [5, 5.41) is 8.15. The van der Waals surface area contributed by atoms with Gasteiger partial charge in [0.15, 0.2) is 0 Å². The van der Waals surface area contributed by atoms with Crippen LogP contribution in [0, 0.1) is 0 Å².